The molecule has 1 heterocycles. The quantitative estimate of drug-likeness (QED) is 0.759. The van der Waals surface area contributed by atoms with Crippen LogP contribution in [-0.2, 0) is 15.5 Å². The van der Waals surface area contributed by atoms with Crippen LogP contribution >= 0.6 is 7.37 Å². The largest absolute Gasteiger partial charge is 0.481 e. The first-order chi connectivity index (χ1) is 10.9. The van der Waals surface area contributed by atoms with Crippen molar-refractivity contribution in [1.29, 1.82) is 0 Å². The van der Waals surface area contributed by atoms with Gasteiger partial charge in [-0.2, -0.15) is 0 Å². The van der Waals surface area contributed by atoms with Crippen molar-refractivity contribution in [2.45, 2.75) is 19.0 Å². The molecule has 122 valence electrons. The van der Waals surface area contributed by atoms with E-state index in [4.69, 9.17) is 0 Å². The van der Waals surface area contributed by atoms with Gasteiger partial charge in [0.25, 0.3) is 0 Å². The normalized spacial score (nSPS) is 16.3. The molecule has 2 aromatic rings. The third-order valence-corrected chi connectivity index (χ3v) is 5.73. The Hall–Kier alpha value is -1.97. The van der Waals surface area contributed by atoms with E-state index in [0.717, 1.165) is 11.1 Å². The minimum absolute atomic E-state index is 0.0132. The molecule has 0 fully saturated rings. The summed E-state index contributed by atoms with van der Waals surface area (Å²) in [4.78, 5) is 25.8. The molecule has 3 atom stereocenters. The SMILES string of the molecule is CC(c1ccncc1)C(CP(=O)(O)Cc1ccccc1)C(=O)O. The van der Waals surface area contributed by atoms with Crippen molar-refractivity contribution in [2.75, 3.05) is 6.16 Å². The van der Waals surface area contributed by atoms with E-state index < -0.39 is 19.3 Å². The zero-order chi connectivity index (χ0) is 16.9. The van der Waals surface area contributed by atoms with Gasteiger partial charge in [0.1, 0.15) is 0 Å². The molecule has 0 saturated carbocycles. The van der Waals surface area contributed by atoms with E-state index in [9.17, 15) is 19.4 Å². The number of carboxylic acids is 1. The average Bonchev–Trinajstić information content (AvgIpc) is 2.53. The first-order valence-electron chi connectivity index (χ1n) is 7.36. The smallest absolute Gasteiger partial charge is 0.307 e. The van der Waals surface area contributed by atoms with Crippen LogP contribution in [0.5, 0.6) is 0 Å². The summed E-state index contributed by atoms with van der Waals surface area (Å²) >= 11 is 0. The molecule has 3 unspecified atom stereocenters. The number of carbonyl (C=O) groups is 1. The predicted molar refractivity (Wildman–Crippen MR) is 88.6 cm³/mol. The molecule has 2 N–H and O–H groups in total. The van der Waals surface area contributed by atoms with Crippen molar-refractivity contribution in [3.05, 3.63) is 66.0 Å². The highest BCUT2D eigenvalue weighted by Gasteiger charge is 2.33. The summed E-state index contributed by atoms with van der Waals surface area (Å²) < 4.78 is 12.5. The van der Waals surface area contributed by atoms with Gasteiger partial charge >= 0.3 is 5.97 Å². The lowest BCUT2D eigenvalue weighted by Crippen LogP contribution is -2.24. The molecule has 0 amide bonds. The number of aromatic nitrogens is 1. The van der Waals surface area contributed by atoms with E-state index in [1.54, 1.807) is 55.7 Å². The summed E-state index contributed by atoms with van der Waals surface area (Å²) in [6.45, 7) is 1.76. The monoisotopic (exact) mass is 333 g/mol. The highest BCUT2D eigenvalue weighted by Crippen LogP contribution is 2.48. The molecule has 2 rings (SSSR count). The van der Waals surface area contributed by atoms with Crippen LogP contribution in [0, 0.1) is 5.92 Å². The maximum absolute atomic E-state index is 12.5. The minimum atomic E-state index is -3.60. The fourth-order valence-corrected chi connectivity index (χ4v) is 4.59. The Morgan fingerprint density at radius 2 is 1.78 bits per heavy atom. The lowest BCUT2D eigenvalue weighted by molar-refractivity contribution is -0.141. The number of pyridine rings is 1. The molecular formula is C17H20NO4P. The van der Waals surface area contributed by atoms with Gasteiger partial charge in [-0.25, -0.2) is 0 Å². The molecule has 5 nitrogen and oxygen atoms in total. The van der Waals surface area contributed by atoms with Crippen molar-refractivity contribution in [3.63, 3.8) is 0 Å². The lowest BCUT2D eigenvalue weighted by Gasteiger charge is -2.23. The summed E-state index contributed by atoms with van der Waals surface area (Å²) in [7, 11) is -3.60. The number of aliphatic carboxylic acids is 1. The molecule has 1 aromatic heterocycles. The Labute approximate surface area is 135 Å². The number of carboxylic acid groups (broad SMARTS) is 1. The molecule has 6 heteroatoms. The molecule has 0 radical (unpaired) electrons. The zero-order valence-electron chi connectivity index (χ0n) is 12.9. The first-order valence-corrected chi connectivity index (χ1v) is 9.39. The van der Waals surface area contributed by atoms with Gasteiger partial charge in [0.15, 0.2) is 0 Å². The van der Waals surface area contributed by atoms with E-state index in [2.05, 4.69) is 4.98 Å². The van der Waals surface area contributed by atoms with Crippen LogP contribution in [0.2, 0.25) is 0 Å². The van der Waals surface area contributed by atoms with Crippen molar-refractivity contribution in [1.82, 2.24) is 4.98 Å². The Morgan fingerprint density at radius 3 is 2.35 bits per heavy atom. The second-order valence-electron chi connectivity index (χ2n) is 5.69. The van der Waals surface area contributed by atoms with Gasteiger partial charge in [-0.1, -0.05) is 37.3 Å². The van der Waals surface area contributed by atoms with E-state index >= 15 is 0 Å². The van der Waals surface area contributed by atoms with Crippen LogP contribution in [0.25, 0.3) is 0 Å². The minimum Gasteiger partial charge on any atom is -0.481 e. The van der Waals surface area contributed by atoms with Gasteiger partial charge < -0.3 is 10.00 Å². The van der Waals surface area contributed by atoms with Gasteiger partial charge in [0.05, 0.1) is 5.92 Å². The van der Waals surface area contributed by atoms with Crippen molar-refractivity contribution in [2.24, 2.45) is 5.92 Å². The molecule has 0 bridgehead atoms. The molecule has 23 heavy (non-hydrogen) atoms. The first kappa shape index (κ1) is 17.4. The Kier molecular flexibility index (Phi) is 5.69. The Balaban J connectivity index is 2.15. The number of benzene rings is 1. The van der Waals surface area contributed by atoms with Gasteiger partial charge in [-0.15, -0.1) is 0 Å². The van der Waals surface area contributed by atoms with E-state index in [1.807, 2.05) is 6.07 Å². The Morgan fingerprint density at radius 1 is 1.17 bits per heavy atom. The molecule has 1 aromatic carbocycles. The second-order valence-corrected chi connectivity index (χ2v) is 8.06. The average molecular weight is 333 g/mol. The number of hydrogen-bond donors (Lipinski definition) is 2. The summed E-state index contributed by atoms with van der Waals surface area (Å²) in [5, 5.41) is 9.49. The highest BCUT2D eigenvalue weighted by molar-refractivity contribution is 7.57. The lowest BCUT2D eigenvalue weighted by atomic mass is 9.89. The van der Waals surface area contributed by atoms with Gasteiger partial charge in [0.2, 0.25) is 7.37 Å². The third-order valence-electron chi connectivity index (χ3n) is 3.91. The maximum Gasteiger partial charge on any atom is 0.307 e. The topological polar surface area (TPSA) is 87.5 Å². The summed E-state index contributed by atoms with van der Waals surface area (Å²) in [5.74, 6) is -2.35. The second kappa shape index (κ2) is 7.53. The van der Waals surface area contributed by atoms with Crippen LogP contribution in [0.4, 0.5) is 0 Å². The van der Waals surface area contributed by atoms with Crippen molar-refractivity contribution >= 4 is 13.3 Å². The maximum atomic E-state index is 12.5. The predicted octanol–water partition coefficient (Wildman–Crippen LogP) is 3.36. The number of nitrogens with zero attached hydrogens (tertiary/aromatic N) is 1. The summed E-state index contributed by atoms with van der Waals surface area (Å²) in [6.07, 6.45) is 2.92. The van der Waals surface area contributed by atoms with E-state index in [0.29, 0.717) is 0 Å². The van der Waals surface area contributed by atoms with Gasteiger partial charge in [-0.3, -0.25) is 14.3 Å². The summed E-state index contributed by atoms with van der Waals surface area (Å²) in [5.41, 5.74) is 1.53. The van der Waals surface area contributed by atoms with Crippen LogP contribution in [0.15, 0.2) is 54.9 Å². The van der Waals surface area contributed by atoms with Crippen LogP contribution in [-0.4, -0.2) is 27.1 Å². The van der Waals surface area contributed by atoms with Crippen LogP contribution in [0.3, 0.4) is 0 Å². The van der Waals surface area contributed by atoms with Crippen molar-refractivity contribution < 1.29 is 19.4 Å². The van der Waals surface area contributed by atoms with E-state index in [-0.39, 0.29) is 18.2 Å². The summed E-state index contributed by atoms with van der Waals surface area (Å²) in [6, 6.07) is 12.4. The fraction of sp³-hybridized carbons (Fsp3) is 0.294. The molecule has 0 aliphatic carbocycles. The standard InChI is InChI=1S/C17H20NO4P/c1-13(15-7-9-18-10-8-15)16(17(19)20)12-23(21,22)11-14-5-3-2-4-6-14/h2-10,13,16H,11-12H2,1H3,(H,19,20)(H,21,22). The molecular weight excluding hydrogens is 313 g/mol. The molecule has 0 aliphatic rings. The van der Waals surface area contributed by atoms with Crippen LogP contribution < -0.4 is 0 Å². The van der Waals surface area contributed by atoms with Gasteiger partial charge in [-0.05, 0) is 29.2 Å². The molecule has 0 spiro atoms. The van der Waals surface area contributed by atoms with Gasteiger partial charge in [0, 0.05) is 24.7 Å². The number of rotatable bonds is 7. The highest BCUT2D eigenvalue weighted by atomic mass is 31.2. The number of hydrogen-bond acceptors (Lipinski definition) is 3. The van der Waals surface area contributed by atoms with E-state index in [1.165, 1.54) is 0 Å². The molecule has 0 saturated heterocycles. The zero-order valence-corrected chi connectivity index (χ0v) is 13.8. The van der Waals surface area contributed by atoms with Crippen molar-refractivity contribution in [3.8, 4) is 0 Å². The molecule has 0 aliphatic heterocycles. The Bertz CT molecular complexity index is 690. The fourth-order valence-electron chi connectivity index (χ4n) is 2.59. The third kappa shape index (κ3) is 5.02. The van der Waals surface area contributed by atoms with Crippen LogP contribution in [0.1, 0.15) is 24.0 Å².